The van der Waals surface area contributed by atoms with Crippen molar-refractivity contribution in [2.75, 3.05) is 13.2 Å². The zero-order chi connectivity index (χ0) is 41.5. The molecule has 0 fully saturated rings. The van der Waals surface area contributed by atoms with Gasteiger partial charge in [0.05, 0.1) is 0 Å². The lowest BCUT2D eigenvalue weighted by atomic mass is 10.1. The molecule has 0 aromatic heterocycles. The molecule has 0 spiro atoms. The topological polar surface area (TPSA) is 78.9 Å². The molecule has 0 bridgehead atoms. The van der Waals surface area contributed by atoms with E-state index in [9.17, 15) is 14.4 Å². The third kappa shape index (κ3) is 43.6. The van der Waals surface area contributed by atoms with Crippen LogP contribution in [0.5, 0.6) is 0 Å². The van der Waals surface area contributed by atoms with Gasteiger partial charge in [-0.15, -0.1) is 0 Å². The van der Waals surface area contributed by atoms with E-state index in [1.165, 1.54) is 51.4 Å². The van der Waals surface area contributed by atoms with Crippen molar-refractivity contribution >= 4 is 17.9 Å². The lowest BCUT2D eigenvalue weighted by Crippen LogP contribution is -2.30. The van der Waals surface area contributed by atoms with Gasteiger partial charge in [0.15, 0.2) is 6.10 Å². The fraction of sp³-hybridized carbons (Fsp3) is 0.667. The number of esters is 3. The summed E-state index contributed by atoms with van der Waals surface area (Å²) in [4.78, 5) is 37.7. The minimum absolute atomic E-state index is 0.113. The SMILES string of the molecule is CC/C=C\C/C=C\C/C=C\C/C=C\C/C=C\CCC(=O)OCC(COC(=O)CCCCCC/C=C\CCCC)OC(=O)CCCCC/C=C\CCCCCCCC. The first-order valence-corrected chi connectivity index (χ1v) is 23.1. The third-order valence-electron chi connectivity index (χ3n) is 9.37. The number of rotatable bonds is 40. The van der Waals surface area contributed by atoms with Crippen LogP contribution in [-0.2, 0) is 28.6 Å². The first-order chi connectivity index (χ1) is 28.0. The monoisotopic (exact) mass is 793 g/mol. The number of carbonyl (C=O) groups excluding carboxylic acids is 3. The second-order valence-electron chi connectivity index (χ2n) is 14.9. The minimum atomic E-state index is -0.816. The average molecular weight is 793 g/mol. The summed E-state index contributed by atoms with van der Waals surface area (Å²) in [6.45, 7) is 6.36. The van der Waals surface area contributed by atoms with Crippen LogP contribution in [0.4, 0.5) is 0 Å². The van der Waals surface area contributed by atoms with Crippen molar-refractivity contribution in [1.29, 1.82) is 0 Å². The Morgan fingerprint density at radius 2 is 0.737 bits per heavy atom. The highest BCUT2D eigenvalue weighted by molar-refractivity contribution is 5.71. The van der Waals surface area contributed by atoms with E-state index in [-0.39, 0.29) is 44.0 Å². The van der Waals surface area contributed by atoms with Gasteiger partial charge in [-0.05, 0) is 96.3 Å². The largest absolute Gasteiger partial charge is 0.462 e. The van der Waals surface area contributed by atoms with Crippen molar-refractivity contribution in [3.63, 3.8) is 0 Å². The maximum Gasteiger partial charge on any atom is 0.306 e. The molecule has 0 aliphatic rings. The molecule has 1 unspecified atom stereocenters. The van der Waals surface area contributed by atoms with Crippen molar-refractivity contribution in [2.45, 2.75) is 207 Å². The molecule has 0 radical (unpaired) electrons. The molecule has 6 nitrogen and oxygen atoms in total. The van der Waals surface area contributed by atoms with Crippen LogP contribution in [0, 0.1) is 0 Å². The molecule has 324 valence electrons. The first-order valence-electron chi connectivity index (χ1n) is 23.1. The highest BCUT2D eigenvalue weighted by atomic mass is 16.6. The van der Waals surface area contributed by atoms with Crippen LogP contribution in [0.3, 0.4) is 0 Å². The Labute approximate surface area is 350 Å². The van der Waals surface area contributed by atoms with E-state index in [1.807, 2.05) is 12.2 Å². The first kappa shape index (κ1) is 53.6. The van der Waals surface area contributed by atoms with Gasteiger partial charge in [0.25, 0.3) is 0 Å². The molecule has 0 N–H and O–H groups in total. The van der Waals surface area contributed by atoms with Crippen molar-refractivity contribution in [2.24, 2.45) is 0 Å². The molecular formula is C51H84O6. The van der Waals surface area contributed by atoms with Crippen LogP contribution in [0.15, 0.2) is 85.1 Å². The molecule has 0 saturated heterocycles. The number of unbranched alkanes of at least 4 members (excludes halogenated alkanes) is 15. The van der Waals surface area contributed by atoms with Crippen molar-refractivity contribution in [3.8, 4) is 0 Å². The number of ether oxygens (including phenoxy) is 3. The molecule has 0 amide bonds. The van der Waals surface area contributed by atoms with Crippen LogP contribution >= 0.6 is 0 Å². The van der Waals surface area contributed by atoms with E-state index < -0.39 is 6.10 Å². The van der Waals surface area contributed by atoms with Gasteiger partial charge in [-0.25, -0.2) is 0 Å². The van der Waals surface area contributed by atoms with Gasteiger partial charge >= 0.3 is 17.9 Å². The smallest absolute Gasteiger partial charge is 0.306 e. The highest BCUT2D eigenvalue weighted by Gasteiger charge is 2.19. The Morgan fingerprint density at radius 1 is 0.368 bits per heavy atom. The summed E-state index contributed by atoms with van der Waals surface area (Å²) in [5.74, 6) is -1.04. The maximum atomic E-state index is 12.7. The Morgan fingerprint density at radius 3 is 1.25 bits per heavy atom. The lowest BCUT2D eigenvalue weighted by Gasteiger charge is -2.18. The number of hydrogen-bond acceptors (Lipinski definition) is 6. The standard InChI is InChI=1S/C51H84O6/c1-4-7-10-13-16-19-22-24-25-26-28-29-32-35-38-41-44-50(53)56-47-48(46-55-49(52)43-40-37-34-31-21-18-15-12-9-6-3)57-51(54)45-42-39-36-33-30-27-23-20-17-14-11-8-5-2/h7,10,15-16,18-19,24-25,27-30,35,38,48H,4-6,8-9,11-14,17,20-23,26,31-34,36-37,39-47H2,1-3H3/b10-7-,18-15-,19-16-,25-24-,29-28-,30-27-,38-35-. The Bertz CT molecular complexity index is 1140. The Kier molecular flexibility index (Phi) is 42.6. The van der Waals surface area contributed by atoms with Crippen LogP contribution in [0.1, 0.15) is 201 Å². The number of carbonyl (C=O) groups is 3. The highest BCUT2D eigenvalue weighted by Crippen LogP contribution is 2.12. The second kappa shape index (κ2) is 45.3. The minimum Gasteiger partial charge on any atom is -0.462 e. The van der Waals surface area contributed by atoms with E-state index in [0.29, 0.717) is 12.8 Å². The van der Waals surface area contributed by atoms with Crippen LogP contribution in [-0.4, -0.2) is 37.2 Å². The van der Waals surface area contributed by atoms with Crippen LogP contribution in [0.2, 0.25) is 0 Å². The molecule has 0 aliphatic carbocycles. The van der Waals surface area contributed by atoms with Gasteiger partial charge in [-0.1, -0.05) is 170 Å². The summed E-state index contributed by atoms with van der Waals surface area (Å²) in [6, 6.07) is 0. The number of hydrogen-bond donors (Lipinski definition) is 0. The van der Waals surface area contributed by atoms with Gasteiger partial charge in [-0.2, -0.15) is 0 Å². The molecule has 0 aromatic rings. The summed E-state index contributed by atoms with van der Waals surface area (Å²) in [7, 11) is 0. The fourth-order valence-corrected chi connectivity index (χ4v) is 5.88. The zero-order valence-electron chi connectivity index (χ0n) is 36.8. The maximum absolute atomic E-state index is 12.7. The molecule has 0 heterocycles. The molecular weight excluding hydrogens is 709 g/mol. The number of allylic oxidation sites excluding steroid dienone is 14. The summed E-state index contributed by atoms with van der Waals surface area (Å²) < 4.78 is 16.6. The summed E-state index contributed by atoms with van der Waals surface area (Å²) in [5.41, 5.74) is 0. The predicted octanol–water partition coefficient (Wildman–Crippen LogP) is 14.9. The summed E-state index contributed by atoms with van der Waals surface area (Å²) in [6.07, 6.45) is 57.2. The normalized spacial score (nSPS) is 12.8. The Hall–Kier alpha value is -3.41. The molecule has 0 aromatic carbocycles. The van der Waals surface area contributed by atoms with Crippen LogP contribution in [0.25, 0.3) is 0 Å². The second-order valence-corrected chi connectivity index (χ2v) is 14.9. The molecule has 0 aliphatic heterocycles. The average Bonchev–Trinajstić information content (AvgIpc) is 3.21. The van der Waals surface area contributed by atoms with Gasteiger partial charge in [-0.3, -0.25) is 14.4 Å². The van der Waals surface area contributed by atoms with Gasteiger partial charge < -0.3 is 14.2 Å². The van der Waals surface area contributed by atoms with E-state index >= 15 is 0 Å². The van der Waals surface area contributed by atoms with Gasteiger partial charge in [0.2, 0.25) is 0 Å². The zero-order valence-corrected chi connectivity index (χ0v) is 36.8. The lowest BCUT2D eigenvalue weighted by molar-refractivity contribution is -0.166. The van der Waals surface area contributed by atoms with Crippen molar-refractivity contribution < 1.29 is 28.6 Å². The van der Waals surface area contributed by atoms with Gasteiger partial charge in [0.1, 0.15) is 13.2 Å². The quantitative estimate of drug-likeness (QED) is 0.0266. The third-order valence-corrected chi connectivity index (χ3v) is 9.37. The van der Waals surface area contributed by atoms with Gasteiger partial charge in [0, 0.05) is 19.3 Å². The van der Waals surface area contributed by atoms with E-state index in [4.69, 9.17) is 14.2 Å². The molecule has 0 rings (SSSR count). The molecule has 6 heteroatoms. The molecule has 1 atom stereocenters. The fourth-order valence-electron chi connectivity index (χ4n) is 5.88. The summed E-state index contributed by atoms with van der Waals surface area (Å²) in [5, 5.41) is 0. The van der Waals surface area contributed by atoms with E-state index in [0.717, 1.165) is 103 Å². The van der Waals surface area contributed by atoms with E-state index in [2.05, 4.69) is 93.7 Å². The molecule has 57 heavy (non-hydrogen) atoms. The molecule has 0 saturated carbocycles. The Balaban J connectivity index is 4.53. The summed E-state index contributed by atoms with van der Waals surface area (Å²) >= 11 is 0. The van der Waals surface area contributed by atoms with Crippen molar-refractivity contribution in [3.05, 3.63) is 85.1 Å². The van der Waals surface area contributed by atoms with E-state index in [1.54, 1.807) is 0 Å². The van der Waals surface area contributed by atoms with Crippen molar-refractivity contribution in [1.82, 2.24) is 0 Å². The predicted molar refractivity (Wildman–Crippen MR) is 242 cm³/mol. The van der Waals surface area contributed by atoms with Crippen LogP contribution < -0.4 is 0 Å².